The van der Waals surface area contributed by atoms with Crippen molar-refractivity contribution < 1.29 is 98.1 Å². The van der Waals surface area contributed by atoms with Crippen LogP contribution in [0, 0.1) is 14.9 Å². The normalized spacial score (nSPS) is 9.38. The van der Waals surface area contributed by atoms with Gasteiger partial charge in [-0.1, -0.05) is 165 Å². The molecule has 0 bridgehead atoms. The molecule has 0 spiro atoms. The Kier molecular flexibility index (Phi) is 26.6. The Balaban J connectivity index is 0.00000236. The van der Waals surface area contributed by atoms with Gasteiger partial charge in [-0.2, -0.15) is 0 Å². The van der Waals surface area contributed by atoms with Crippen LogP contribution in [0.5, 0.6) is 0 Å². The molecule has 9 aromatic rings. The predicted molar refractivity (Wildman–Crippen MR) is 248 cm³/mol. The van der Waals surface area contributed by atoms with Crippen molar-refractivity contribution >= 4 is 60.7 Å². The van der Waals surface area contributed by atoms with Gasteiger partial charge in [-0.3, -0.25) is 0 Å². The van der Waals surface area contributed by atoms with Crippen molar-refractivity contribution in [3.05, 3.63) is 191 Å². The van der Waals surface area contributed by atoms with Crippen LogP contribution in [0.2, 0.25) is 0 Å². The molecule has 2 heterocycles. The van der Waals surface area contributed by atoms with Crippen molar-refractivity contribution in [2.75, 3.05) is 4.90 Å². The number of aromatic nitrogens is 2. The Morgan fingerprint density at radius 1 is 0.293 bits per heavy atom. The summed E-state index contributed by atoms with van der Waals surface area (Å²) in [5.74, 6) is 0. The molecule has 0 aliphatic rings. The standard InChI is InChI=1S/C42H29N3.4C2H6.2CH3.3Y/c1-3-15-30(16-4-1)43(31-17-5-2-6-18-31)32-27-33(44-39-23-11-7-19-35(39)36-20-8-12-24-40(36)44)29-34(28-32)45-41-25-13-9-21-37(41)38-22-10-14-26-42(38)45;4*1-2;;;;;/h1-29H;4*1-2H3;2*1H3;;;/q;;;;;2*-1;;;. The summed E-state index contributed by atoms with van der Waals surface area (Å²) in [5.41, 5.74) is 10.3. The van der Waals surface area contributed by atoms with Crippen LogP contribution in [0.3, 0.4) is 0 Å². The Bertz CT molecular complexity index is 2230. The van der Waals surface area contributed by atoms with E-state index in [0.29, 0.717) is 0 Å². The molecule has 0 saturated carbocycles. The van der Waals surface area contributed by atoms with Crippen molar-refractivity contribution in [3.63, 3.8) is 0 Å². The maximum Gasteiger partial charge on any atom is 0.0541 e. The third kappa shape index (κ3) is 11.3. The summed E-state index contributed by atoms with van der Waals surface area (Å²) >= 11 is 0. The van der Waals surface area contributed by atoms with Crippen molar-refractivity contribution in [1.29, 1.82) is 0 Å². The first-order valence-corrected chi connectivity index (χ1v) is 19.4. The molecule has 3 nitrogen and oxygen atoms in total. The number of fused-ring (bicyclic) bond motifs is 6. The summed E-state index contributed by atoms with van der Waals surface area (Å²) in [5, 5.41) is 5.00. The molecule has 0 fully saturated rings. The fraction of sp³-hybridized carbons (Fsp3) is 0.154. The van der Waals surface area contributed by atoms with E-state index in [-0.39, 0.29) is 113 Å². The van der Waals surface area contributed by atoms with E-state index >= 15 is 0 Å². The second kappa shape index (κ2) is 27.9. The first-order valence-electron chi connectivity index (χ1n) is 19.4. The molecule has 0 aliphatic carbocycles. The molecule has 3 radical (unpaired) electrons. The molecule has 0 amide bonds. The van der Waals surface area contributed by atoms with Gasteiger partial charge in [0.2, 0.25) is 0 Å². The van der Waals surface area contributed by atoms with Gasteiger partial charge in [-0.05, 0) is 66.7 Å². The van der Waals surface area contributed by atoms with Crippen LogP contribution in [0.4, 0.5) is 17.1 Å². The molecular formula is C52H59N3Y3-2. The second-order valence-electron chi connectivity index (χ2n) is 11.5. The molecule has 58 heavy (non-hydrogen) atoms. The first kappa shape index (κ1) is 55.3. The SMILES string of the molecule is CC.CC.CC.CC.[CH3-].[CH3-].[Y].[Y].[Y].c1ccc(N(c2ccccc2)c2cc(-n3c4ccccc4c4ccccc43)cc(-n3c4ccccc4c4ccccc43)c2)cc1. The summed E-state index contributed by atoms with van der Waals surface area (Å²) in [6.45, 7) is 16.0. The zero-order valence-electron chi connectivity index (χ0n) is 36.3. The molecule has 0 atom stereocenters. The maximum atomic E-state index is 2.42. The van der Waals surface area contributed by atoms with Crippen LogP contribution in [0.25, 0.3) is 55.0 Å². The van der Waals surface area contributed by atoms with Gasteiger partial charge in [0, 0.05) is 131 Å². The molecule has 0 aliphatic heterocycles. The average Bonchev–Trinajstić information content (AvgIpc) is 3.78. The van der Waals surface area contributed by atoms with E-state index in [1.165, 1.54) is 43.6 Å². The monoisotopic (exact) mass is 992 g/mol. The van der Waals surface area contributed by atoms with Gasteiger partial charge in [-0.15, -0.1) is 0 Å². The predicted octanol–water partition coefficient (Wildman–Crippen LogP) is 16.3. The minimum absolute atomic E-state index is 0. The second-order valence-corrected chi connectivity index (χ2v) is 11.5. The largest absolute Gasteiger partial charge is 0.358 e. The first-order chi connectivity index (χ1) is 26.3. The molecule has 0 saturated heterocycles. The number of rotatable bonds is 5. The van der Waals surface area contributed by atoms with Crippen LogP contribution >= 0.6 is 0 Å². The van der Waals surface area contributed by atoms with Crippen molar-refractivity contribution in [3.8, 4) is 11.4 Å². The van der Waals surface area contributed by atoms with E-state index in [2.05, 4.69) is 190 Å². The van der Waals surface area contributed by atoms with E-state index in [1.54, 1.807) is 0 Å². The summed E-state index contributed by atoms with van der Waals surface area (Å²) < 4.78 is 4.83. The summed E-state index contributed by atoms with van der Waals surface area (Å²) in [4.78, 5) is 2.36. The molecule has 293 valence electrons. The number of benzene rings is 7. The molecule has 7 aromatic carbocycles. The minimum atomic E-state index is 0. The number of anilines is 3. The molecule has 0 unspecified atom stereocenters. The van der Waals surface area contributed by atoms with E-state index in [0.717, 1.165) is 28.4 Å². The molecule has 2 aromatic heterocycles. The van der Waals surface area contributed by atoms with Gasteiger partial charge in [0.1, 0.15) is 0 Å². The number of hydrogen-bond donors (Lipinski definition) is 0. The van der Waals surface area contributed by atoms with E-state index in [1.807, 2.05) is 55.4 Å². The molecule has 6 heteroatoms. The van der Waals surface area contributed by atoms with Crippen molar-refractivity contribution in [2.24, 2.45) is 0 Å². The molecule has 0 N–H and O–H groups in total. The Hall–Kier alpha value is -2.75. The van der Waals surface area contributed by atoms with Gasteiger partial charge in [0.05, 0.1) is 39.1 Å². The zero-order valence-corrected chi connectivity index (χ0v) is 44.8. The number of hydrogen-bond acceptors (Lipinski definition) is 1. The average molecular weight is 993 g/mol. The van der Waals surface area contributed by atoms with Gasteiger partial charge in [0.15, 0.2) is 0 Å². The fourth-order valence-electron chi connectivity index (χ4n) is 6.97. The van der Waals surface area contributed by atoms with Gasteiger partial charge < -0.3 is 28.9 Å². The zero-order chi connectivity index (χ0) is 37.7. The van der Waals surface area contributed by atoms with Gasteiger partial charge in [-0.25, -0.2) is 0 Å². The van der Waals surface area contributed by atoms with Crippen LogP contribution in [-0.4, -0.2) is 9.13 Å². The molecular weight excluding hydrogens is 933 g/mol. The van der Waals surface area contributed by atoms with E-state index < -0.39 is 0 Å². The van der Waals surface area contributed by atoms with E-state index in [9.17, 15) is 0 Å². The minimum Gasteiger partial charge on any atom is -0.358 e. The topological polar surface area (TPSA) is 13.1 Å². The molecule has 9 rings (SSSR count). The van der Waals surface area contributed by atoms with Gasteiger partial charge >= 0.3 is 0 Å². The maximum absolute atomic E-state index is 2.42. The third-order valence-corrected chi connectivity index (χ3v) is 8.85. The van der Waals surface area contributed by atoms with Crippen LogP contribution in [0.15, 0.2) is 176 Å². The Morgan fingerprint density at radius 2 is 0.534 bits per heavy atom. The Morgan fingerprint density at radius 3 is 0.810 bits per heavy atom. The summed E-state index contributed by atoms with van der Waals surface area (Å²) in [6.07, 6.45) is 0. The smallest absolute Gasteiger partial charge is 0.0541 e. The van der Waals surface area contributed by atoms with Crippen molar-refractivity contribution in [1.82, 2.24) is 9.13 Å². The van der Waals surface area contributed by atoms with E-state index in [4.69, 9.17) is 0 Å². The number of nitrogens with zero attached hydrogens (tertiary/aromatic N) is 3. The van der Waals surface area contributed by atoms with Crippen LogP contribution in [0.1, 0.15) is 55.4 Å². The van der Waals surface area contributed by atoms with Gasteiger partial charge in [0.25, 0.3) is 0 Å². The number of para-hydroxylation sites is 6. The van der Waals surface area contributed by atoms with Crippen LogP contribution < -0.4 is 4.90 Å². The quantitative estimate of drug-likeness (QED) is 0.157. The summed E-state index contributed by atoms with van der Waals surface area (Å²) in [7, 11) is 0. The van der Waals surface area contributed by atoms with Crippen molar-refractivity contribution in [2.45, 2.75) is 55.4 Å². The van der Waals surface area contributed by atoms with Crippen LogP contribution in [-0.2, 0) is 98.1 Å². The third-order valence-electron chi connectivity index (χ3n) is 8.85. The Labute approximate surface area is 425 Å². The fourth-order valence-corrected chi connectivity index (χ4v) is 6.97. The summed E-state index contributed by atoms with van der Waals surface area (Å²) in [6, 6.07) is 63.2.